The van der Waals surface area contributed by atoms with Crippen LogP contribution in [0.1, 0.15) is 37.4 Å². The van der Waals surface area contributed by atoms with Gasteiger partial charge in [0.15, 0.2) is 0 Å². The summed E-state index contributed by atoms with van der Waals surface area (Å²) in [7, 11) is 1.80. The van der Waals surface area contributed by atoms with E-state index in [0.717, 1.165) is 30.5 Å². The van der Waals surface area contributed by atoms with Gasteiger partial charge in [0.1, 0.15) is 6.04 Å². The zero-order chi connectivity index (χ0) is 16.8. The van der Waals surface area contributed by atoms with Crippen LogP contribution in [0.5, 0.6) is 0 Å². The van der Waals surface area contributed by atoms with Crippen molar-refractivity contribution in [2.24, 2.45) is 0 Å². The van der Waals surface area contributed by atoms with Gasteiger partial charge in [0.2, 0.25) is 5.91 Å². The molecule has 6 heteroatoms. The van der Waals surface area contributed by atoms with E-state index in [0.29, 0.717) is 19.6 Å². The van der Waals surface area contributed by atoms with Crippen molar-refractivity contribution in [1.29, 1.82) is 0 Å². The second kappa shape index (κ2) is 7.94. The lowest BCUT2D eigenvalue weighted by Crippen LogP contribution is -2.59. The smallest absolute Gasteiger partial charge is 0.318 e. The van der Waals surface area contributed by atoms with Gasteiger partial charge in [-0.1, -0.05) is 19.8 Å². The molecule has 0 unspecified atom stereocenters. The van der Waals surface area contributed by atoms with E-state index < -0.39 is 0 Å². The number of urea groups is 1. The quantitative estimate of drug-likeness (QED) is 0.902. The van der Waals surface area contributed by atoms with Gasteiger partial charge in [0.25, 0.3) is 0 Å². The molecule has 6 nitrogen and oxygen atoms in total. The highest BCUT2D eigenvalue weighted by Gasteiger charge is 2.35. The first kappa shape index (κ1) is 17.2. The van der Waals surface area contributed by atoms with Crippen LogP contribution in [0.3, 0.4) is 0 Å². The number of likely N-dealkylation sites (N-methyl/N-ethyl adjacent to an activating group) is 1. The fourth-order valence-corrected chi connectivity index (χ4v) is 2.82. The van der Waals surface area contributed by atoms with Crippen molar-refractivity contribution in [2.45, 2.75) is 45.7 Å². The molecule has 1 aromatic rings. The van der Waals surface area contributed by atoms with Crippen molar-refractivity contribution in [3.63, 3.8) is 0 Å². The monoisotopic (exact) mass is 318 g/mol. The van der Waals surface area contributed by atoms with Crippen LogP contribution in [0.25, 0.3) is 0 Å². The highest BCUT2D eigenvalue weighted by atomic mass is 16.2. The lowest BCUT2D eigenvalue weighted by Gasteiger charge is -2.39. The molecule has 2 heterocycles. The van der Waals surface area contributed by atoms with Gasteiger partial charge in [-0.15, -0.1) is 0 Å². The van der Waals surface area contributed by atoms with E-state index >= 15 is 0 Å². The highest BCUT2D eigenvalue weighted by molar-refractivity contribution is 5.88. The third-order valence-corrected chi connectivity index (χ3v) is 4.21. The Morgan fingerprint density at radius 3 is 2.91 bits per heavy atom. The Bertz CT molecular complexity index is 561. The summed E-state index contributed by atoms with van der Waals surface area (Å²) in [6, 6.07) is 3.33. The van der Waals surface area contributed by atoms with Gasteiger partial charge < -0.3 is 15.1 Å². The van der Waals surface area contributed by atoms with Crippen LogP contribution in [-0.2, 0) is 11.3 Å². The minimum absolute atomic E-state index is 0.0413. The molecule has 126 valence electrons. The molecule has 2 rings (SSSR count). The van der Waals surface area contributed by atoms with E-state index in [-0.39, 0.29) is 18.0 Å². The van der Waals surface area contributed by atoms with Crippen LogP contribution in [0.15, 0.2) is 18.3 Å². The van der Waals surface area contributed by atoms with Gasteiger partial charge in [-0.25, -0.2) is 4.79 Å². The number of unbranched alkanes of at least 4 members (excludes halogenated alkanes) is 1. The number of piperazine rings is 1. The first-order valence-electron chi connectivity index (χ1n) is 8.24. The summed E-state index contributed by atoms with van der Waals surface area (Å²) in [5.74, 6) is 0.0413. The first-order chi connectivity index (χ1) is 11.0. The van der Waals surface area contributed by atoms with E-state index in [2.05, 4.69) is 17.2 Å². The number of hydrogen-bond donors (Lipinski definition) is 1. The average Bonchev–Trinajstić information content (AvgIpc) is 2.54. The topological polar surface area (TPSA) is 65.5 Å². The van der Waals surface area contributed by atoms with Gasteiger partial charge in [-0.05, 0) is 31.0 Å². The van der Waals surface area contributed by atoms with Crippen molar-refractivity contribution in [3.8, 4) is 0 Å². The molecule has 3 amide bonds. The molecule has 1 aromatic heterocycles. The van der Waals surface area contributed by atoms with E-state index in [1.54, 1.807) is 23.0 Å². The Hall–Kier alpha value is -2.11. The van der Waals surface area contributed by atoms with Crippen molar-refractivity contribution in [1.82, 2.24) is 20.1 Å². The summed E-state index contributed by atoms with van der Waals surface area (Å²) in [6.07, 6.45) is 4.42. The average molecular weight is 318 g/mol. The van der Waals surface area contributed by atoms with E-state index in [1.807, 2.05) is 19.1 Å². The Morgan fingerprint density at radius 2 is 2.22 bits per heavy atom. The van der Waals surface area contributed by atoms with Crippen molar-refractivity contribution < 1.29 is 9.59 Å². The Labute approximate surface area is 137 Å². The molecular formula is C17H26N4O2. The highest BCUT2D eigenvalue weighted by Crippen LogP contribution is 2.16. The van der Waals surface area contributed by atoms with Gasteiger partial charge in [0.05, 0.1) is 0 Å². The number of rotatable bonds is 5. The largest absolute Gasteiger partial charge is 0.342 e. The Kier molecular flexibility index (Phi) is 5.96. The normalized spacial score (nSPS) is 18.2. The zero-order valence-electron chi connectivity index (χ0n) is 14.2. The van der Waals surface area contributed by atoms with Crippen LogP contribution in [0, 0.1) is 6.92 Å². The van der Waals surface area contributed by atoms with Crippen LogP contribution in [0.4, 0.5) is 4.79 Å². The summed E-state index contributed by atoms with van der Waals surface area (Å²) in [6.45, 7) is 5.63. The van der Waals surface area contributed by atoms with Crippen LogP contribution >= 0.6 is 0 Å². The lowest BCUT2D eigenvalue weighted by atomic mass is 10.0. The molecule has 1 saturated heterocycles. The molecule has 0 saturated carbocycles. The van der Waals surface area contributed by atoms with E-state index in [4.69, 9.17) is 0 Å². The molecule has 0 aliphatic carbocycles. The summed E-state index contributed by atoms with van der Waals surface area (Å²) in [5.41, 5.74) is 1.93. The molecule has 0 spiro atoms. The molecule has 1 aliphatic rings. The second-order valence-corrected chi connectivity index (χ2v) is 6.08. The molecule has 0 aromatic carbocycles. The summed E-state index contributed by atoms with van der Waals surface area (Å²) < 4.78 is 0. The molecular weight excluding hydrogens is 292 g/mol. The van der Waals surface area contributed by atoms with Crippen molar-refractivity contribution >= 4 is 11.9 Å². The number of aryl methyl sites for hydroxylation is 1. The minimum atomic E-state index is -0.340. The number of nitrogens with one attached hydrogen (secondary N) is 1. The maximum absolute atomic E-state index is 12.5. The molecule has 0 radical (unpaired) electrons. The summed E-state index contributed by atoms with van der Waals surface area (Å²) in [4.78, 5) is 32.4. The minimum Gasteiger partial charge on any atom is -0.342 e. The summed E-state index contributed by atoms with van der Waals surface area (Å²) >= 11 is 0. The fourth-order valence-electron chi connectivity index (χ4n) is 2.82. The molecule has 1 aliphatic heterocycles. The fraction of sp³-hybridized carbons (Fsp3) is 0.588. The zero-order valence-corrected chi connectivity index (χ0v) is 14.2. The number of hydrogen-bond acceptors (Lipinski definition) is 3. The molecule has 23 heavy (non-hydrogen) atoms. The number of carbonyl (C=O) groups is 2. The molecule has 0 bridgehead atoms. The van der Waals surface area contributed by atoms with Crippen LogP contribution in [-0.4, -0.2) is 52.9 Å². The maximum atomic E-state index is 12.5. The van der Waals surface area contributed by atoms with Gasteiger partial charge in [0, 0.05) is 38.6 Å². The Morgan fingerprint density at radius 1 is 1.43 bits per heavy atom. The third-order valence-electron chi connectivity index (χ3n) is 4.21. The van der Waals surface area contributed by atoms with Crippen molar-refractivity contribution in [2.75, 3.05) is 20.1 Å². The predicted octanol–water partition coefficient (Wildman–Crippen LogP) is 1.93. The number of carbonyl (C=O) groups excluding carboxylic acids is 2. The van der Waals surface area contributed by atoms with Gasteiger partial charge >= 0.3 is 6.03 Å². The van der Waals surface area contributed by atoms with E-state index in [1.165, 1.54) is 0 Å². The van der Waals surface area contributed by atoms with Crippen LogP contribution in [0.2, 0.25) is 0 Å². The lowest BCUT2D eigenvalue weighted by molar-refractivity contribution is -0.138. The van der Waals surface area contributed by atoms with Crippen molar-refractivity contribution in [3.05, 3.63) is 29.6 Å². The Balaban J connectivity index is 1.99. The number of aromatic nitrogens is 1. The molecule has 1 fully saturated rings. The summed E-state index contributed by atoms with van der Waals surface area (Å²) in [5, 5.41) is 2.93. The molecule has 1 N–H and O–H groups in total. The standard InChI is InChI=1S/C17H26N4O2/c1-4-5-6-15-16(22)20(3)9-10-21(15)17(23)19-12-14-7-8-18-13(2)11-14/h7-8,11,15H,4-6,9-10,12H2,1-3H3,(H,19,23)/t15-/m1/s1. The van der Waals surface area contributed by atoms with Crippen LogP contribution < -0.4 is 5.32 Å². The second-order valence-electron chi connectivity index (χ2n) is 6.08. The SMILES string of the molecule is CCCC[C@@H]1C(=O)N(C)CCN1C(=O)NCc1ccnc(C)c1. The van der Waals surface area contributed by atoms with Gasteiger partial charge in [-0.2, -0.15) is 0 Å². The molecule has 1 atom stereocenters. The number of pyridine rings is 1. The predicted molar refractivity (Wildman–Crippen MR) is 88.9 cm³/mol. The van der Waals surface area contributed by atoms with E-state index in [9.17, 15) is 9.59 Å². The third kappa shape index (κ3) is 4.43. The number of amides is 3. The first-order valence-corrected chi connectivity index (χ1v) is 8.24. The number of nitrogens with zero attached hydrogens (tertiary/aromatic N) is 3. The van der Waals surface area contributed by atoms with Gasteiger partial charge in [-0.3, -0.25) is 9.78 Å². The maximum Gasteiger partial charge on any atom is 0.318 e.